The summed E-state index contributed by atoms with van der Waals surface area (Å²) in [5.74, 6) is 0. The van der Waals surface area contributed by atoms with Crippen molar-refractivity contribution in [2.24, 2.45) is 0 Å². The van der Waals surface area contributed by atoms with Crippen molar-refractivity contribution in [3.63, 3.8) is 0 Å². The summed E-state index contributed by atoms with van der Waals surface area (Å²) in [7, 11) is 0. The standard InChI is InChI=1S/C10H10N2OS/c11-9-3-1-8(2-4-9)7-13-10-12-5-6-14-10/h1-6H,7,11H2. The van der Waals surface area contributed by atoms with E-state index in [-0.39, 0.29) is 0 Å². The lowest BCUT2D eigenvalue weighted by molar-refractivity contribution is 0.304. The van der Waals surface area contributed by atoms with Crippen LogP contribution in [0.1, 0.15) is 5.56 Å². The van der Waals surface area contributed by atoms with Crippen LogP contribution >= 0.6 is 11.3 Å². The zero-order valence-corrected chi connectivity index (χ0v) is 8.33. The fourth-order valence-electron chi connectivity index (χ4n) is 1.04. The summed E-state index contributed by atoms with van der Waals surface area (Å²) < 4.78 is 5.44. The van der Waals surface area contributed by atoms with E-state index in [0.29, 0.717) is 11.8 Å². The lowest BCUT2D eigenvalue weighted by Gasteiger charge is -2.02. The predicted molar refractivity (Wildman–Crippen MR) is 57.3 cm³/mol. The molecular weight excluding hydrogens is 196 g/mol. The van der Waals surface area contributed by atoms with Crippen LogP contribution in [0.3, 0.4) is 0 Å². The predicted octanol–water partition coefficient (Wildman–Crippen LogP) is 2.30. The maximum absolute atomic E-state index is 5.57. The number of benzene rings is 1. The summed E-state index contributed by atoms with van der Waals surface area (Å²) in [4.78, 5) is 4.02. The lowest BCUT2D eigenvalue weighted by Crippen LogP contribution is -1.95. The van der Waals surface area contributed by atoms with Gasteiger partial charge in [-0.1, -0.05) is 23.5 Å². The monoisotopic (exact) mass is 206 g/mol. The Morgan fingerprint density at radius 2 is 2.07 bits per heavy atom. The molecule has 4 heteroatoms. The maximum atomic E-state index is 5.57. The zero-order chi connectivity index (χ0) is 9.80. The molecule has 0 atom stereocenters. The molecule has 0 aliphatic rings. The van der Waals surface area contributed by atoms with Crippen molar-refractivity contribution in [3.8, 4) is 5.19 Å². The number of ether oxygens (including phenoxy) is 1. The highest BCUT2D eigenvalue weighted by Crippen LogP contribution is 2.15. The Hall–Kier alpha value is -1.55. The smallest absolute Gasteiger partial charge is 0.273 e. The first-order valence-corrected chi connectivity index (χ1v) is 5.09. The molecule has 0 spiro atoms. The minimum Gasteiger partial charge on any atom is -0.465 e. The van der Waals surface area contributed by atoms with Crippen LogP contribution in [0.15, 0.2) is 35.8 Å². The number of nitrogen functional groups attached to an aromatic ring is 1. The van der Waals surface area contributed by atoms with Gasteiger partial charge in [0.05, 0.1) is 0 Å². The minimum atomic E-state index is 0.536. The van der Waals surface area contributed by atoms with E-state index in [1.807, 2.05) is 29.6 Å². The van der Waals surface area contributed by atoms with E-state index in [2.05, 4.69) is 4.98 Å². The van der Waals surface area contributed by atoms with Gasteiger partial charge in [0.1, 0.15) is 6.61 Å². The van der Waals surface area contributed by atoms with Crippen LogP contribution in [0.4, 0.5) is 5.69 Å². The molecule has 72 valence electrons. The molecular formula is C10H10N2OS. The molecule has 1 aromatic heterocycles. The molecule has 0 saturated carbocycles. The van der Waals surface area contributed by atoms with E-state index >= 15 is 0 Å². The number of aromatic nitrogens is 1. The molecule has 2 aromatic rings. The van der Waals surface area contributed by atoms with Crippen molar-refractivity contribution >= 4 is 17.0 Å². The number of nitrogens with two attached hydrogens (primary N) is 1. The van der Waals surface area contributed by atoms with E-state index in [1.165, 1.54) is 11.3 Å². The molecule has 0 fully saturated rings. The zero-order valence-electron chi connectivity index (χ0n) is 7.51. The van der Waals surface area contributed by atoms with Gasteiger partial charge in [-0.25, -0.2) is 4.98 Å². The molecule has 2 N–H and O–H groups in total. The third kappa shape index (κ3) is 2.23. The Labute approximate surface area is 86.2 Å². The lowest BCUT2D eigenvalue weighted by atomic mass is 10.2. The van der Waals surface area contributed by atoms with Gasteiger partial charge in [0.25, 0.3) is 5.19 Å². The van der Waals surface area contributed by atoms with Gasteiger partial charge in [-0.2, -0.15) is 0 Å². The number of nitrogens with zero attached hydrogens (tertiary/aromatic N) is 1. The number of hydrogen-bond acceptors (Lipinski definition) is 4. The number of rotatable bonds is 3. The molecule has 14 heavy (non-hydrogen) atoms. The fraction of sp³-hybridized carbons (Fsp3) is 0.100. The summed E-state index contributed by atoms with van der Waals surface area (Å²) in [6.07, 6.45) is 1.73. The van der Waals surface area contributed by atoms with Gasteiger partial charge in [-0.15, -0.1) is 0 Å². The largest absolute Gasteiger partial charge is 0.465 e. The van der Waals surface area contributed by atoms with E-state index in [9.17, 15) is 0 Å². The Balaban J connectivity index is 1.95. The first-order chi connectivity index (χ1) is 6.84. The van der Waals surface area contributed by atoms with E-state index in [0.717, 1.165) is 11.3 Å². The topological polar surface area (TPSA) is 48.1 Å². The molecule has 0 unspecified atom stereocenters. The third-order valence-electron chi connectivity index (χ3n) is 1.75. The van der Waals surface area contributed by atoms with Crippen LogP contribution in [0.5, 0.6) is 5.19 Å². The molecule has 0 saturated heterocycles. The highest BCUT2D eigenvalue weighted by atomic mass is 32.1. The normalized spacial score (nSPS) is 10.0. The second kappa shape index (κ2) is 4.11. The molecule has 0 aliphatic carbocycles. The molecule has 3 nitrogen and oxygen atoms in total. The van der Waals surface area contributed by atoms with E-state index < -0.39 is 0 Å². The van der Waals surface area contributed by atoms with Crippen LogP contribution in [0.25, 0.3) is 0 Å². The van der Waals surface area contributed by atoms with Crippen molar-refractivity contribution in [2.75, 3.05) is 5.73 Å². The summed E-state index contributed by atoms with van der Waals surface area (Å²) in [6, 6.07) is 7.62. The Kier molecular flexibility index (Phi) is 2.65. The quantitative estimate of drug-likeness (QED) is 0.784. The Morgan fingerprint density at radius 1 is 1.29 bits per heavy atom. The van der Waals surface area contributed by atoms with Gasteiger partial charge in [-0.3, -0.25) is 0 Å². The van der Waals surface area contributed by atoms with Crippen molar-refractivity contribution < 1.29 is 4.74 Å². The van der Waals surface area contributed by atoms with Crippen LogP contribution < -0.4 is 10.5 Å². The summed E-state index contributed by atoms with van der Waals surface area (Å²) >= 11 is 1.49. The Morgan fingerprint density at radius 3 is 2.71 bits per heavy atom. The van der Waals surface area contributed by atoms with Gasteiger partial charge in [0.15, 0.2) is 0 Å². The molecule has 0 radical (unpaired) electrons. The molecule has 0 amide bonds. The number of anilines is 1. The van der Waals surface area contributed by atoms with Gasteiger partial charge >= 0.3 is 0 Å². The van der Waals surface area contributed by atoms with E-state index in [1.54, 1.807) is 6.20 Å². The van der Waals surface area contributed by atoms with Crippen LogP contribution in [0, 0.1) is 0 Å². The maximum Gasteiger partial charge on any atom is 0.273 e. The van der Waals surface area contributed by atoms with Gasteiger partial charge < -0.3 is 10.5 Å². The second-order valence-corrected chi connectivity index (χ2v) is 3.69. The summed E-state index contributed by atoms with van der Waals surface area (Å²) in [5.41, 5.74) is 7.43. The average molecular weight is 206 g/mol. The van der Waals surface area contributed by atoms with Crippen LogP contribution in [0.2, 0.25) is 0 Å². The van der Waals surface area contributed by atoms with Crippen LogP contribution in [-0.4, -0.2) is 4.98 Å². The molecule has 0 bridgehead atoms. The second-order valence-electron chi connectivity index (χ2n) is 2.83. The van der Waals surface area contributed by atoms with Crippen molar-refractivity contribution in [3.05, 3.63) is 41.4 Å². The van der Waals surface area contributed by atoms with E-state index in [4.69, 9.17) is 10.5 Å². The van der Waals surface area contributed by atoms with Gasteiger partial charge in [0.2, 0.25) is 0 Å². The molecule has 0 aliphatic heterocycles. The molecule has 1 aromatic carbocycles. The minimum absolute atomic E-state index is 0.536. The first-order valence-electron chi connectivity index (χ1n) is 4.21. The van der Waals surface area contributed by atoms with Gasteiger partial charge in [-0.05, 0) is 17.7 Å². The summed E-state index contributed by atoms with van der Waals surface area (Å²) in [5, 5.41) is 2.58. The summed E-state index contributed by atoms with van der Waals surface area (Å²) in [6.45, 7) is 0.536. The third-order valence-corrected chi connectivity index (χ3v) is 2.43. The van der Waals surface area contributed by atoms with Crippen LogP contribution in [-0.2, 0) is 6.61 Å². The highest BCUT2D eigenvalue weighted by molar-refractivity contribution is 7.11. The van der Waals surface area contributed by atoms with Crippen molar-refractivity contribution in [2.45, 2.75) is 6.61 Å². The SMILES string of the molecule is Nc1ccc(COc2nccs2)cc1. The number of thiazole rings is 1. The fourth-order valence-corrected chi connectivity index (χ4v) is 1.53. The van der Waals surface area contributed by atoms with Crippen molar-refractivity contribution in [1.29, 1.82) is 0 Å². The highest BCUT2D eigenvalue weighted by Gasteiger charge is 1.96. The molecule has 1 heterocycles. The van der Waals surface area contributed by atoms with Gasteiger partial charge in [0, 0.05) is 17.3 Å². The first kappa shape index (κ1) is 9.02. The average Bonchev–Trinajstić information content (AvgIpc) is 2.70. The molecule has 2 rings (SSSR count). The Bertz CT molecular complexity index is 383. The van der Waals surface area contributed by atoms with Crippen molar-refractivity contribution in [1.82, 2.24) is 4.98 Å². The number of hydrogen-bond donors (Lipinski definition) is 1.